The first kappa shape index (κ1) is 16.2. The summed E-state index contributed by atoms with van der Waals surface area (Å²) in [5.41, 5.74) is 1.54. The van der Waals surface area contributed by atoms with E-state index in [4.69, 9.17) is 11.6 Å². The number of halogens is 1. The third kappa shape index (κ3) is 3.48. The van der Waals surface area contributed by atoms with Crippen molar-refractivity contribution in [1.82, 2.24) is 0 Å². The number of hydrogen-bond acceptors (Lipinski definition) is 3. The van der Waals surface area contributed by atoms with Crippen molar-refractivity contribution in [2.24, 2.45) is 0 Å². The first-order valence-corrected chi connectivity index (χ1v) is 8.23. The van der Waals surface area contributed by atoms with E-state index in [9.17, 15) is 14.7 Å². The van der Waals surface area contributed by atoms with Gasteiger partial charge >= 0.3 is 5.97 Å². The monoisotopic (exact) mass is 357 g/mol. The number of amides is 1. The first-order chi connectivity index (χ1) is 11.5. The minimum Gasteiger partial charge on any atom is -0.477 e. The molecule has 1 aromatic heterocycles. The predicted octanol–water partition coefficient (Wildman–Crippen LogP) is 5.02. The van der Waals surface area contributed by atoms with Gasteiger partial charge in [-0.05, 0) is 29.8 Å². The highest BCUT2D eigenvalue weighted by Crippen LogP contribution is 2.35. The Balaban J connectivity index is 1.94. The van der Waals surface area contributed by atoms with Crippen LogP contribution in [0.1, 0.15) is 20.0 Å². The zero-order chi connectivity index (χ0) is 17.1. The Labute approximate surface area is 147 Å². The number of carboxylic acids is 1. The molecule has 0 saturated carbocycles. The van der Waals surface area contributed by atoms with E-state index in [1.807, 2.05) is 30.3 Å². The van der Waals surface area contributed by atoms with E-state index in [0.717, 1.165) is 21.8 Å². The van der Waals surface area contributed by atoms with Crippen LogP contribution in [0.25, 0.3) is 10.4 Å². The van der Waals surface area contributed by atoms with Gasteiger partial charge in [0.05, 0.1) is 5.69 Å². The summed E-state index contributed by atoms with van der Waals surface area (Å²) in [6.07, 6.45) is 0. The molecule has 0 saturated heterocycles. The third-order valence-corrected chi connectivity index (χ3v) is 4.73. The Bertz CT molecular complexity index is 906. The molecular formula is C18H12ClNO3S. The van der Waals surface area contributed by atoms with Crippen LogP contribution < -0.4 is 5.32 Å². The maximum Gasteiger partial charge on any atom is 0.348 e. The van der Waals surface area contributed by atoms with Gasteiger partial charge in [-0.2, -0.15) is 0 Å². The topological polar surface area (TPSA) is 66.4 Å². The van der Waals surface area contributed by atoms with Gasteiger partial charge in [0.25, 0.3) is 5.91 Å². The number of carbonyl (C=O) groups excluding carboxylic acids is 1. The molecule has 0 atom stereocenters. The molecular weight excluding hydrogens is 346 g/mol. The summed E-state index contributed by atoms with van der Waals surface area (Å²) >= 11 is 7.01. The maximum absolute atomic E-state index is 12.3. The highest BCUT2D eigenvalue weighted by molar-refractivity contribution is 7.18. The lowest BCUT2D eigenvalue weighted by Crippen LogP contribution is -2.13. The number of carboxylic acid groups (broad SMARTS) is 1. The molecule has 0 bridgehead atoms. The van der Waals surface area contributed by atoms with E-state index in [1.165, 1.54) is 6.07 Å². The second-order valence-electron chi connectivity index (χ2n) is 4.99. The van der Waals surface area contributed by atoms with Crippen molar-refractivity contribution in [1.29, 1.82) is 0 Å². The standard InChI is InChI=1S/C18H12ClNO3S/c19-13-8-4-7-12(9-13)17(21)20-14-10-15(24-16(14)18(22)23)11-5-2-1-3-6-11/h1-10H,(H,20,21)(H,22,23). The van der Waals surface area contributed by atoms with Gasteiger partial charge in [0.2, 0.25) is 0 Å². The molecule has 0 aliphatic rings. The molecule has 0 fully saturated rings. The van der Waals surface area contributed by atoms with Gasteiger partial charge in [0.1, 0.15) is 4.88 Å². The first-order valence-electron chi connectivity index (χ1n) is 7.04. The van der Waals surface area contributed by atoms with Crippen LogP contribution in [0.15, 0.2) is 60.7 Å². The summed E-state index contributed by atoms with van der Waals surface area (Å²) in [5, 5.41) is 12.5. The molecule has 24 heavy (non-hydrogen) atoms. The SMILES string of the molecule is O=C(Nc1cc(-c2ccccc2)sc1C(=O)O)c1cccc(Cl)c1. The summed E-state index contributed by atoms with van der Waals surface area (Å²) in [7, 11) is 0. The lowest BCUT2D eigenvalue weighted by Gasteiger charge is -2.04. The molecule has 0 spiro atoms. The summed E-state index contributed by atoms with van der Waals surface area (Å²) in [6, 6.07) is 17.6. The van der Waals surface area contributed by atoms with Crippen LogP contribution in [0.3, 0.4) is 0 Å². The quantitative estimate of drug-likeness (QED) is 0.689. The summed E-state index contributed by atoms with van der Waals surface area (Å²) in [6.45, 7) is 0. The average molecular weight is 358 g/mol. The van der Waals surface area contributed by atoms with Crippen LogP contribution in [0.4, 0.5) is 5.69 Å². The summed E-state index contributed by atoms with van der Waals surface area (Å²) in [4.78, 5) is 24.7. The van der Waals surface area contributed by atoms with Crippen molar-refractivity contribution >= 4 is 40.5 Å². The van der Waals surface area contributed by atoms with Gasteiger partial charge in [-0.25, -0.2) is 4.79 Å². The van der Waals surface area contributed by atoms with Gasteiger partial charge in [-0.1, -0.05) is 48.0 Å². The Morgan fingerprint density at radius 1 is 1.00 bits per heavy atom. The fraction of sp³-hybridized carbons (Fsp3) is 0. The smallest absolute Gasteiger partial charge is 0.348 e. The highest BCUT2D eigenvalue weighted by Gasteiger charge is 2.18. The molecule has 1 heterocycles. The minimum absolute atomic E-state index is 0.0873. The van der Waals surface area contributed by atoms with Crippen LogP contribution in [0.2, 0.25) is 5.02 Å². The molecule has 0 radical (unpaired) electrons. The Morgan fingerprint density at radius 3 is 2.42 bits per heavy atom. The van der Waals surface area contributed by atoms with Crippen molar-refractivity contribution in [3.63, 3.8) is 0 Å². The molecule has 2 N–H and O–H groups in total. The third-order valence-electron chi connectivity index (χ3n) is 3.32. The van der Waals surface area contributed by atoms with E-state index in [0.29, 0.717) is 10.6 Å². The van der Waals surface area contributed by atoms with E-state index in [-0.39, 0.29) is 10.6 Å². The number of hydrogen-bond donors (Lipinski definition) is 2. The molecule has 2 aromatic carbocycles. The zero-order valence-electron chi connectivity index (χ0n) is 12.3. The van der Waals surface area contributed by atoms with Crippen LogP contribution in [-0.4, -0.2) is 17.0 Å². The zero-order valence-corrected chi connectivity index (χ0v) is 13.9. The van der Waals surface area contributed by atoms with E-state index >= 15 is 0 Å². The second kappa shape index (κ2) is 6.86. The molecule has 0 unspecified atom stereocenters. The maximum atomic E-state index is 12.3. The number of nitrogens with one attached hydrogen (secondary N) is 1. The molecule has 120 valence electrons. The highest BCUT2D eigenvalue weighted by atomic mass is 35.5. The number of aromatic carboxylic acids is 1. The summed E-state index contributed by atoms with van der Waals surface area (Å²) < 4.78 is 0. The van der Waals surface area contributed by atoms with Gasteiger partial charge in [-0.3, -0.25) is 4.79 Å². The lowest BCUT2D eigenvalue weighted by atomic mass is 10.2. The van der Waals surface area contributed by atoms with E-state index < -0.39 is 11.9 Å². The number of rotatable bonds is 4. The normalized spacial score (nSPS) is 10.4. The Kier molecular flexibility index (Phi) is 4.64. The van der Waals surface area contributed by atoms with E-state index in [1.54, 1.807) is 24.3 Å². The van der Waals surface area contributed by atoms with Crippen molar-refractivity contribution in [2.45, 2.75) is 0 Å². The molecule has 4 nitrogen and oxygen atoms in total. The number of anilines is 1. The fourth-order valence-electron chi connectivity index (χ4n) is 2.21. The van der Waals surface area contributed by atoms with Gasteiger partial charge in [0, 0.05) is 15.5 Å². The van der Waals surface area contributed by atoms with Crippen LogP contribution in [0.5, 0.6) is 0 Å². The average Bonchev–Trinajstić information content (AvgIpc) is 3.00. The molecule has 0 aliphatic heterocycles. The molecule has 0 aliphatic carbocycles. The Hall–Kier alpha value is -2.63. The lowest BCUT2D eigenvalue weighted by molar-refractivity contribution is 0.0703. The summed E-state index contributed by atoms with van der Waals surface area (Å²) in [5.74, 6) is -1.49. The fourth-order valence-corrected chi connectivity index (χ4v) is 3.36. The van der Waals surface area contributed by atoms with Crippen LogP contribution in [-0.2, 0) is 0 Å². The van der Waals surface area contributed by atoms with E-state index in [2.05, 4.69) is 5.32 Å². The Morgan fingerprint density at radius 2 is 1.75 bits per heavy atom. The van der Waals surface area contributed by atoms with Crippen LogP contribution >= 0.6 is 22.9 Å². The van der Waals surface area contributed by atoms with Crippen molar-refractivity contribution < 1.29 is 14.7 Å². The van der Waals surface area contributed by atoms with Crippen molar-refractivity contribution in [2.75, 3.05) is 5.32 Å². The van der Waals surface area contributed by atoms with Gasteiger partial charge in [-0.15, -0.1) is 11.3 Å². The van der Waals surface area contributed by atoms with Gasteiger partial charge < -0.3 is 10.4 Å². The minimum atomic E-state index is -1.08. The largest absolute Gasteiger partial charge is 0.477 e. The van der Waals surface area contributed by atoms with Crippen molar-refractivity contribution in [3.8, 4) is 10.4 Å². The molecule has 1 amide bonds. The molecule has 3 rings (SSSR count). The van der Waals surface area contributed by atoms with Gasteiger partial charge in [0.15, 0.2) is 0 Å². The number of carbonyl (C=O) groups is 2. The number of benzene rings is 2. The second-order valence-corrected chi connectivity index (χ2v) is 6.48. The van der Waals surface area contributed by atoms with Crippen molar-refractivity contribution in [3.05, 3.63) is 76.1 Å². The van der Waals surface area contributed by atoms with Crippen LogP contribution in [0, 0.1) is 0 Å². The molecule has 3 aromatic rings. The predicted molar refractivity (Wildman–Crippen MR) is 96.1 cm³/mol. The molecule has 6 heteroatoms. The number of thiophene rings is 1.